The molecule has 2 rings (SSSR count). The van der Waals surface area contributed by atoms with E-state index in [4.69, 9.17) is 5.84 Å². The summed E-state index contributed by atoms with van der Waals surface area (Å²) < 4.78 is 0. The molecule has 5 N–H and O–H groups in total. The summed E-state index contributed by atoms with van der Waals surface area (Å²) in [7, 11) is 0. The van der Waals surface area contributed by atoms with Crippen molar-refractivity contribution in [2.45, 2.75) is 45.6 Å². The van der Waals surface area contributed by atoms with Gasteiger partial charge in [-0.25, -0.2) is 15.8 Å². The van der Waals surface area contributed by atoms with Gasteiger partial charge in [0.1, 0.15) is 17.5 Å². The molecular formula is C13H23N5O. The fourth-order valence-corrected chi connectivity index (χ4v) is 2.53. The average molecular weight is 265 g/mol. The highest BCUT2D eigenvalue weighted by atomic mass is 16.3. The van der Waals surface area contributed by atoms with Crippen LogP contribution in [0.25, 0.3) is 0 Å². The number of nitrogens with two attached hydrogens (primary N) is 1. The van der Waals surface area contributed by atoms with E-state index in [-0.39, 0.29) is 6.10 Å². The maximum Gasteiger partial charge on any atom is 0.148 e. The topological polar surface area (TPSA) is 96.1 Å². The molecule has 1 aromatic rings. The van der Waals surface area contributed by atoms with Crippen LogP contribution in [0.3, 0.4) is 0 Å². The van der Waals surface area contributed by atoms with E-state index in [1.807, 2.05) is 13.8 Å². The number of aryl methyl sites for hydroxylation is 1. The fourth-order valence-electron chi connectivity index (χ4n) is 2.53. The minimum absolute atomic E-state index is 0.104. The SMILES string of the molecule is Cc1nc(NN)c(C)c(NCC2CCC(O)CC2)n1. The summed E-state index contributed by atoms with van der Waals surface area (Å²) in [4.78, 5) is 8.65. The molecular weight excluding hydrogens is 242 g/mol. The summed E-state index contributed by atoms with van der Waals surface area (Å²) in [6.45, 7) is 4.68. The molecule has 0 amide bonds. The normalized spacial score (nSPS) is 23.2. The second-order valence-electron chi connectivity index (χ2n) is 5.29. The molecule has 6 nitrogen and oxygen atoms in total. The summed E-state index contributed by atoms with van der Waals surface area (Å²) in [5.41, 5.74) is 3.53. The third-order valence-electron chi connectivity index (χ3n) is 3.77. The lowest BCUT2D eigenvalue weighted by molar-refractivity contribution is 0.111. The standard InChI is InChI=1S/C13H23N5O/c1-8-12(16-9(2)17-13(8)18-14)15-7-10-3-5-11(19)6-4-10/h10-11,19H,3-7,14H2,1-2H3,(H2,15,16,17,18). The Bertz CT molecular complexity index is 429. The molecule has 0 spiro atoms. The molecule has 0 radical (unpaired) electrons. The van der Waals surface area contributed by atoms with Crippen LogP contribution in [0, 0.1) is 19.8 Å². The van der Waals surface area contributed by atoms with Gasteiger partial charge in [-0.05, 0) is 45.4 Å². The van der Waals surface area contributed by atoms with Gasteiger partial charge in [-0.2, -0.15) is 0 Å². The summed E-state index contributed by atoms with van der Waals surface area (Å²) in [5.74, 6) is 8.25. The molecule has 1 saturated carbocycles. The van der Waals surface area contributed by atoms with E-state index in [9.17, 15) is 5.11 Å². The Morgan fingerprint density at radius 2 is 1.79 bits per heavy atom. The summed E-state index contributed by atoms with van der Waals surface area (Å²) in [5, 5.41) is 12.9. The quantitative estimate of drug-likeness (QED) is 0.485. The van der Waals surface area contributed by atoms with Crippen LogP contribution >= 0.6 is 0 Å². The van der Waals surface area contributed by atoms with Crippen molar-refractivity contribution in [2.24, 2.45) is 11.8 Å². The Balaban J connectivity index is 1.97. The number of aromatic nitrogens is 2. The molecule has 106 valence electrons. The largest absolute Gasteiger partial charge is 0.393 e. The average Bonchev–Trinajstić information content (AvgIpc) is 2.41. The second kappa shape index (κ2) is 6.16. The van der Waals surface area contributed by atoms with Crippen molar-refractivity contribution in [1.82, 2.24) is 9.97 Å². The van der Waals surface area contributed by atoms with Gasteiger partial charge >= 0.3 is 0 Å². The molecule has 19 heavy (non-hydrogen) atoms. The number of anilines is 2. The van der Waals surface area contributed by atoms with E-state index in [2.05, 4.69) is 20.7 Å². The predicted octanol–water partition coefficient (Wildman–Crippen LogP) is 1.34. The Labute approximate surface area is 113 Å². The smallest absolute Gasteiger partial charge is 0.148 e. The lowest BCUT2D eigenvalue weighted by atomic mass is 9.87. The Morgan fingerprint density at radius 3 is 2.42 bits per heavy atom. The molecule has 0 aliphatic heterocycles. The number of hydrogen-bond donors (Lipinski definition) is 4. The number of aliphatic hydroxyl groups is 1. The van der Waals surface area contributed by atoms with Crippen molar-refractivity contribution < 1.29 is 5.11 Å². The molecule has 0 bridgehead atoms. The zero-order chi connectivity index (χ0) is 13.8. The van der Waals surface area contributed by atoms with E-state index in [0.717, 1.165) is 43.6 Å². The van der Waals surface area contributed by atoms with Gasteiger partial charge in [0.25, 0.3) is 0 Å². The number of hydrazine groups is 1. The molecule has 6 heteroatoms. The number of hydrogen-bond acceptors (Lipinski definition) is 6. The minimum atomic E-state index is -0.104. The first-order chi connectivity index (χ1) is 9.10. The zero-order valence-corrected chi connectivity index (χ0v) is 11.6. The molecule has 0 atom stereocenters. The van der Waals surface area contributed by atoms with Crippen LogP contribution in [0.4, 0.5) is 11.6 Å². The highest BCUT2D eigenvalue weighted by Crippen LogP contribution is 2.25. The molecule has 1 fully saturated rings. The van der Waals surface area contributed by atoms with E-state index in [1.54, 1.807) is 0 Å². The third kappa shape index (κ3) is 3.54. The zero-order valence-electron chi connectivity index (χ0n) is 11.6. The van der Waals surface area contributed by atoms with Gasteiger partial charge in [0.05, 0.1) is 6.10 Å². The van der Waals surface area contributed by atoms with E-state index >= 15 is 0 Å². The van der Waals surface area contributed by atoms with E-state index in [1.165, 1.54) is 0 Å². The highest BCUT2D eigenvalue weighted by molar-refractivity contribution is 5.56. The van der Waals surface area contributed by atoms with Gasteiger partial charge in [0.2, 0.25) is 0 Å². The molecule has 0 unspecified atom stereocenters. The highest BCUT2D eigenvalue weighted by Gasteiger charge is 2.19. The first kappa shape index (κ1) is 14.0. The number of nitrogen functional groups attached to an aromatic ring is 1. The molecule has 1 aliphatic carbocycles. The van der Waals surface area contributed by atoms with Gasteiger partial charge in [-0.15, -0.1) is 0 Å². The van der Waals surface area contributed by atoms with Crippen LogP contribution in [0.5, 0.6) is 0 Å². The predicted molar refractivity (Wildman–Crippen MR) is 75.8 cm³/mol. The maximum atomic E-state index is 9.50. The van der Waals surface area contributed by atoms with Crippen LogP contribution in [-0.4, -0.2) is 27.7 Å². The van der Waals surface area contributed by atoms with Crippen molar-refractivity contribution in [3.63, 3.8) is 0 Å². The number of nitrogens with zero attached hydrogens (tertiary/aromatic N) is 2. The monoisotopic (exact) mass is 265 g/mol. The van der Waals surface area contributed by atoms with Crippen LogP contribution in [-0.2, 0) is 0 Å². The molecule has 1 aliphatic rings. The minimum Gasteiger partial charge on any atom is -0.393 e. The van der Waals surface area contributed by atoms with E-state index in [0.29, 0.717) is 17.6 Å². The Hall–Kier alpha value is -1.40. The van der Waals surface area contributed by atoms with Crippen LogP contribution in [0.15, 0.2) is 0 Å². The lowest BCUT2D eigenvalue weighted by Crippen LogP contribution is -2.24. The van der Waals surface area contributed by atoms with Crippen molar-refractivity contribution in [3.05, 3.63) is 11.4 Å². The Kier molecular flexibility index (Phi) is 4.55. The summed E-state index contributed by atoms with van der Waals surface area (Å²) >= 11 is 0. The first-order valence-electron chi connectivity index (χ1n) is 6.84. The molecule has 0 saturated heterocycles. The van der Waals surface area contributed by atoms with Gasteiger partial charge in [-0.3, -0.25) is 0 Å². The van der Waals surface area contributed by atoms with Crippen LogP contribution < -0.4 is 16.6 Å². The van der Waals surface area contributed by atoms with Gasteiger partial charge in [0.15, 0.2) is 0 Å². The van der Waals surface area contributed by atoms with Crippen molar-refractivity contribution >= 4 is 11.6 Å². The van der Waals surface area contributed by atoms with Crippen LogP contribution in [0.1, 0.15) is 37.1 Å². The lowest BCUT2D eigenvalue weighted by Gasteiger charge is -2.26. The number of aliphatic hydroxyl groups excluding tert-OH is 1. The Morgan fingerprint density at radius 1 is 1.16 bits per heavy atom. The van der Waals surface area contributed by atoms with Gasteiger partial charge in [0, 0.05) is 12.1 Å². The van der Waals surface area contributed by atoms with Crippen molar-refractivity contribution in [1.29, 1.82) is 0 Å². The summed E-state index contributed by atoms with van der Waals surface area (Å²) in [6, 6.07) is 0. The van der Waals surface area contributed by atoms with Crippen LogP contribution in [0.2, 0.25) is 0 Å². The molecule has 1 aromatic heterocycles. The summed E-state index contributed by atoms with van der Waals surface area (Å²) in [6.07, 6.45) is 3.85. The van der Waals surface area contributed by atoms with Crippen molar-refractivity contribution in [2.75, 3.05) is 17.3 Å². The molecule has 1 heterocycles. The molecule has 0 aromatic carbocycles. The first-order valence-corrected chi connectivity index (χ1v) is 6.84. The van der Waals surface area contributed by atoms with Gasteiger partial charge < -0.3 is 15.8 Å². The van der Waals surface area contributed by atoms with Crippen molar-refractivity contribution in [3.8, 4) is 0 Å². The maximum absolute atomic E-state index is 9.50. The number of rotatable bonds is 4. The van der Waals surface area contributed by atoms with E-state index < -0.39 is 0 Å². The fraction of sp³-hybridized carbons (Fsp3) is 0.692. The second-order valence-corrected chi connectivity index (χ2v) is 5.29. The number of nitrogens with one attached hydrogen (secondary N) is 2. The third-order valence-corrected chi connectivity index (χ3v) is 3.77. The van der Waals surface area contributed by atoms with Gasteiger partial charge in [-0.1, -0.05) is 0 Å².